The van der Waals surface area contributed by atoms with Crippen molar-refractivity contribution in [1.82, 2.24) is 0 Å². The van der Waals surface area contributed by atoms with Gasteiger partial charge in [0, 0.05) is 10.6 Å². The summed E-state index contributed by atoms with van der Waals surface area (Å²) in [5.74, 6) is -0.241. The van der Waals surface area contributed by atoms with Crippen LogP contribution in [0.2, 0.25) is 0 Å². The largest absolute Gasteiger partial charge is 0.378 e. The average Bonchev–Trinajstić information content (AvgIpc) is 2.77. The highest BCUT2D eigenvalue weighted by molar-refractivity contribution is 9.10. The molecule has 1 nitrogen and oxygen atoms in total. The van der Waals surface area contributed by atoms with Gasteiger partial charge < -0.3 is 5.32 Å². The van der Waals surface area contributed by atoms with E-state index < -0.39 is 0 Å². The second-order valence-corrected chi connectivity index (χ2v) is 5.34. The third-order valence-electron chi connectivity index (χ3n) is 2.27. The molecule has 0 saturated heterocycles. The lowest BCUT2D eigenvalue weighted by Gasteiger charge is -2.13. The molecule has 1 heterocycles. The minimum absolute atomic E-state index is 0.234. The van der Waals surface area contributed by atoms with E-state index in [2.05, 4.69) is 34.2 Å². The van der Waals surface area contributed by atoms with Crippen molar-refractivity contribution in [2.45, 2.75) is 13.0 Å². The average molecular weight is 300 g/mol. The van der Waals surface area contributed by atoms with Crippen LogP contribution in [0.4, 0.5) is 10.1 Å². The number of thiophene rings is 1. The van der Waals surface area contributed by atoms with Gasteiger partial charge in [0.1, 0.15) is 5.82 Å². The Morgan fingerprint density at radius 1 is 1.38 bits per heavy atom. The van der Waals surface area contributed by atoms with Crippen molar-refractivity contribution in [3.63, 3.8) is 0 Å². The highest BCUT2D eigenvalue weighted by Crippen LogP contribution is 2.25. The number of halogens is 2. The van der Waals surface area contributed by atoms with Crippen molar-refractivity contribution in [1.29, 1.82) is 0 Å². The van der Waals surface area contributed by atoms with Gasteiger partial charge in [-0.2, -0.15) is 0 Å². The number of nitrogens with one attached hydrogen (secondary N) is 1. The highest BCUT2D eigenvalue weighted by atomic mass is 79.9. The maximum atomic E-state index is 13.0. The second kappa shape index (κ2) is 4.97. The number of benzene rings is 1. The van der Waals surface area contributed by atoms with Gasteiger partial charge in [-0.1, -0.05) is 6.07 Å². The third-order valence-corrected chi connectivity index (χ3v) is 3.94. The van der Waals surface area contributed by atoms with E-state index in [1.165, 1.54) is 10.9 Å². The summed E-state index contributed by atoms with van der Waals surface area (Å²) in [6, 6.07) is 9.29. The molecule has 0 saturated carbocycles. The molecule has 0 aliphatic carbocycles. The first-order valence-electron chi connectivity index (χ1n) is 4.92. The summed E-state index contributed by atoms with van der Waals surface area (Å²) in [6.45, 7) is 2.09. The zero-order valence-electron chi connectivity index (χ0n) is 8.71. The van der Waals surface area contributed by atoms with Crippen LogP contribution in [0.5, 0.6) is 0 Å². The quantitative estimate of drug-likeness (QED) is 0.856. The van der Waals surface area contributed by atoms with Gasteiger partial charge in [0.2, 0.25) is 0 Å². The standard InChI is InChI=1S/C12H11BrFNS/c1-8(12-3-2-6-16-12)15-9-4-5-11(14)10(13)7-9/h2-8,15H,1H3. The third kappa shape index (κ3) is 2.62. The van der Waals surface area contributed by atoms with Crippen LogP contribution in [0.25, 0.3) is 0 Å². The molecule has 2 rings (SSSR count). The summed E-state index contributed by atoms with van der Waals surface area (Å²) in [4.78, 5) is 1.26. The summed E-state index contributed by atoms with van der Waals surface area (Å²) in [5.41, 5.74) is 0.911. The number of anilines is 1. The van der Waals surface area contributed by atoms with Crippen molar-refractivity contribution >= 4 is 33.0 Å². The molecule has 0 amide bonds. The minimum Gasteiger partial charge on any atom is -0.378 e. The van der Waals surface area contributed by atoms with Crippen LogP contribution in [-0.2, 0) is 0 Å². The maximum Gasteiger partial charge on any atom is 0.137 e. The number of hydrogen-bond acceptors (Lipinski definition) is 2. The number of hydrogen-bond donors (Lipinski definition) is 1. The normalized spacial score (nSPS) is 12.4. The lowest BCUT2D eigenvalue weighted by atomic mass is 10.2. The second-order valence-electron chi connectivity index (χ2n) is 3.51. The number of rotatable bonds is 3. The molecular weight excluding hydrogens is 289 g/mol. The van der Waals surface area contributed by atoms with E-state index in [0.29, 0.717) is 4.47 Å². The zero-order valence-corrected chi connectivity index (χ0v) is 11.1. The first-order chi connectivity index (χ1) is 7.66. The van der Waals surface area contributed by atoms with Crippen LogP contribution in [0.1, 0.15) is 17.8 Å². The van der Waals surface area contributed by atoms with E-state index in [1.54, 1.807) is 23.5 Å². The molecule has 1 unspecified atom stereocenters. The van der Waals surface area contributed by atoms with Gasteiger partial charge >= 0.3 is 0 Å². The first kappa shape index (κ1) is 11.6. The molecule has 1 aromatic carbocycles. The highest BCUT2D eigenvalue weighted by Gasteiger charge is 2.07. The van der Waals surface area contributed by atoms with Gasteiger partial charge in [-0.15, -0.1) is 11.3 Å². The zero-order chi connectivity index (χ0) is 11.5. The van der Waals surface area contributed by atoms with E-state index in [-0.39, 0.29) is 11.9 Å². The molecule has 4 heteroatoms. The van der Waals surface area contributed by atoms with E-state index in [9.17, 15) is 4.39 Å². The Morgan fingerprint density at radius 3 is 2.81 bits per heavy atom. The van der Waals surface area contributed by atoms with Crippen molar-refractivity contribution in [3.8, 4) is 0 Å². The Morgan fingerprint density at radius 2 is 2.19 bits per heavy atom. The molecule has 1 N–H and O–H groups in total. The lowest BCUT2D eigenvalue weighted by Crippen LogP contribution is -2.04. The van der Waals surface area contributed by atoms with Gasteiger partial charge in [0.25, 0.3) is 0 Å². The summed E-state index contributed by atoms with van der Waals surface area (Å²) in [6.07, 6.45) is 0. The van der Waals surface area contributed by atoms with Crippen LogP contribution in [0.3, 0.4) is 0 Å². The van der Waals surface area contributed by atoms with Crippen molar-refractivity contribution < 1.29 is 4.39 Å². The van der Waals surface area contributed by atoms with E-state index in [0.717, 1.165) is 5.69 Å². The van der Waals surface area contributed by atoms with Crippen molar-refractivity contribution in [3.05, 3.63) is 50.9 Å². The van der Waals surface area contributed by atoms with E-state index in [4.69, 9.17) is 0 Å². The monoisotopic (exact) mass is 299 g/mol. The molecule has 16 heavy (non-hydrogen) atoms. The van der Waals surface area contributed by atoms with E-state index >= 15 is 0 Å². The van der Waals surface area contributed by atoms with Gasteiger partial charge in [0.05, 0.1) is 10.5 Å². The summed E-state index contributed by atoms with van der Waals surface area (Å²) >= 11 is 4.88. The summed E-state index contributed by atoms with van der Waals surface area (Å²) < 4.78 is 13.5. The van der Waals surface area contributed by atoms with Gasteiger partial charge in [-0.05, 0) is 52.5 Å². The van der Waals surface area contributed by atoms with Crippen molar-refractivity contribution in [2.24, 2.45) is 0 Å². The molecule has 0 spiro atoms. The molecule has 0 fully saturated rings. The Balaban J connectivity index is 2.12. The Hall–Kier alpha value is -0.870. The van der Waals surface area contributed by atoms with Crippen LogP contribution >= 0.6 is 27.3 Å². The molecule has 0 aliphatic rings. The van der Waals surface area contributed by atoms with Crippen LogP contribution < -0.4 is 5.32 Å². The molecule has 0 aliphatic heterocycles. The van der Waals surface area contributed by atoms with E-state index in [1.807, 2.05) is 11.4 Å². The molecule has 2 aromatic rings. The lowest BCUT2D eigenvalue weighted by molar-refractivity contribution is 0.621. The van der Waals surface area contributed by atoms with Crippen LogP contribution in [0, 0.1) is 5.82 Å². The molecule has 0 bridgehead atoms. The topological polar surface area (TPSA) is 12.0 Å². The Labute approximate surface area is 106 Å². The van der Waals surface area contributed by atoms with Gasteiger partial charge in [-0.3, -0.25) is 0 Å². The Kier molecular flexibility index (Phi) is 3.61. The molecule has 1 aromatic heterocycles. The predicted octanol–water partition coefficient (Wildman–Crippen LogP) is 4.82. The fourth-order valence-electron chi connectivity index (χ4n) is 1.44. The fourth-order valence-corrected chi connectivity index (χ4v) is 2.56. The SMILES string of the molecule is CC(Nc1ccc(F)c(Br)c1)c1cccs1. The van der Waals surface area contributed by atoms with Crippen LogP contribution in [-0.4, -0.2) is 0 Å². The molecule has 84 valence electrons. The summed E-state index contributed by atoms with van der Waals surface area (Å²) in [7, 11) is 0. The summed E-state index contributed by atoms with van der Waals surface area (Å²) in [5, 5.41) is 5.38. The van der Waals surface area contributed by atoms with Crippen LogP contribution in [0.15, 0.2) is 40.2 Å². The minimum atomic E-state index is -0.241. The first-order valence-corrected chi connectivity index (χ1v) is 6.59. The predicted molar refractivity (Wildman–Crippen MR) is 70.5 cm³/mol. The molecular formula is C12H11BrFNS. The van der Waals surface area contributed by atoms with Crippen molar-refractivity contribution in [2.75, 3.05) is 5.32 Å². The Bertz CT molecular complexity index is 470. The van der Waals surface area contributed by atoms with Gasteiger partial charge in [0.15, 0.2) is 0 Å². The molecule has 0 radical (unpaired) electrons. The molecule has 1 atom stereocenters. The van der Waals surface area contributed by atoms with Gasteiger partial charge in [-0.25, -0.2) is 4.39 Å². The fraction of sp³-hybridized carbons (Fsp3) is 0.167. The maximum absolute atomic E-state index is 13.0. The smallest absolute Gasteiger partial charge is 0.137 e.